The van der Waals surface area contributed by atoms with Crippen molar-refractivity contribution in [1.82, 2.24) is 20.2 Å². The summed E-state index contributed by atoms with van der Waals surface area (Å²) in [6.45, 7) is 3.44. The number of aromatic amines is 1. The molecular formula is C23H21N5O. The average Bonchev–Trinajstić information content (AvgIpc) is 3.31. The fourth-order valence-electron chi connectivity index (χ4n) is 3.63. The van der Waals surface area contributed by atoms with Gasteiger partial charge in [-0.15, -0.1) is 0 Å². The highest BCUT2D eigenvalue weighted by atomic mass is 16.5. The summed E-state index contributed by atoms with van der Waals surface area (Å²) in [6, 6.07) is 18.5. The Morgan fingerprint density at radius 1 is 0.828 bits per heavy atom. The molecule has 4 aromatic rings. The van der Waals surface area contributed by atoms with Gasteiger partial charge < -0.3 is 9.64 Å². The second kappa shape index (κ2) is 7.85. The Balaban J connectivity index is 1.45. The minimum atomic E-state index is 0.786. The molecular weight excluding hydrogens is 362 g/mol. The number of aromatic nitrogens is 4. The maximum Gasteiger partial charge on any atom is 0.118 e. The summed E-state index contributed by atoms with van der Waals surface area (Å²) < 4.78 is 5.44. The van der Waals surface area contributed by atoms with E-state index < -0.39 is 0 Å². The summed E-state index contributed by atoms with van der Waals surface area (Å²) in [5, 5.41) is 7.38. The van der Waals surface area contributed by atoms with E-state index >= 15 is 0 Å². The number of pyridine rings is 2. The molecule has 4 heterocycles. The Kier molecular flexibility index (Phi) is 4.76. The predicted octanol–water partition coefficient (Wildman–Crippen LogP) is 4.04. The van der Waals surface area contributed by atoms with Gasteiger partial charge >= 0.3 is 0 Å². The van der Waals surface area contributed by atoms with E-state index in [1.165, 1.54) is 5.69 Å². The Bertz CT molecular complexity index is 1090. The Morgan fingerprint density at radius 3 is 2.45 bits per heavy atom. The van der Waals surface area contributed by atoms with Gasteiger partial charge in [0.25, 0.3) is 0 Å². The van der Waals surface area contributed by atoms with Crippen LogP contribution in [-0.2, 0) is 4.74 Å². The largest absolute Gasteiger partial charge is 0.378 e. The molecule has 29 heavy (non-hydrogen) atoms. The van der Waals surface area contributed by atoms with Crippen LogP contribution >= 0.6 is 0 Å². The fourth-order valence-corrected chi connectivity index (χ4v) is 3.63. The van der Waals surface area contributed by atoms with Gasteiger partial charge in [0.1, 0.15) is 5.69 Å². The molecule has 6 heteroatoms. The van der Waals surface area contributed by atoms with Gasteiger partial charge in [-0.1, -0.05) is 18.2 Å². The zero-order valence-corrected chi connectivity index (χ0v) is 16.0. The molecule has 1 fully saturated rings. The first kappa shape index (κ1) is 17.6. The molecule has 3 aromatic heterocycles. The number of hydrogen-bond acceptors (Lipinski definition) is 5. The first-order valence-electron chi connectivity index (χ1n) is 9.73. The molecule has 0 spiro atoms. The van der Waals surface area contributed by atoms with E-state index in [2.05, 4.69) is 55.4 Å². The topological polar surface area (TPSA) is 66.9 Å². The highest BCUT2D eigenvalue weighted by Gasteiger charge is 2.14. The van der Waals surface area contributed by atoms with Crippen molar-refractivity contribution in [1.29, 1.82) is 0 Å². The third kappa shape index (κ3) is 3.62. The van der Waals surface area contributed by atoms with E-state index in [1.54, 1.807) is 6.20 Å². The fraction of sp³-hybridized carbons (Fsp3) is 0.174. The molecule has 0 bridgehead atoms. The highest BCUT2D eigenvalue weighted by Crippen LogP contribution is 2.31. The van der Waals surface area contributed by atoms with Crippen LogP contribution in [0.25, 0.3) is 33.8 Å². The standard InChI is InChI=1S/C23H21N5O/c1-2-9-24-21(3-1)23-20(16-26-27-23)18-8-10-25-22(15-18)17-4-6-19(7-5-17)28-11-13-29-14-12-28/h1-10,15-16H,11-14H2,(H,26,27). The molecule has 0 atom stereocenters. The normalized spacial score (nSPS) is 14.1. The molecule has 0 amide bonds. The zero-order valence-electron chi connectivity index (χ0n) is 16.0. The molecule has 0 aliphatic carbocycles. The SMILES string of the molecule is c1ccc(-c2n[nH]cc2-c2ccnc(-c3ccc(N4CCOCC4)cc3)c2)nc1. The minimum Gasteiger partial charge on any atom is -0.378 e. The Labute approximate surface area is 169 Å². The third-order valence-corrected chi connectivity index (χ3v) is 5.16. The minimum absolute atomic E-state index is 0.786. The number of H-pyrrole nitrogens is 1. The molecule has 144 valence electrons. The van der Waals surface area contributed by atoms with Crippen molar-refractivity contribution < 1.29 is 4.74 Å². The van der Waals surface area contributed by atoms with Gasteiger partial charge in [0.15, 0.2) is 0 Å². The van der Waals surface area contributed by atoms with E-state index in [9.17, 15) is 0 Å². The molecule has 1 N–H and O–H groups in total. The van der Waals surface area contributed by atoms with Crippen molar-refractivity contribution in [2.45, 2.75) is 0 Å². The monoisotopic (exact) mass is 383 g/mol. The first-order chi connectivity index (χ1) is 14.4. The molecule has 1 saturated heterocycles. The van der Waals surface area contributed by atoms with E-state index in [1.807, 2.05) is 36.7 Å². The van der Waals surface area contributed by atoms with Crippen molar-refractivity contribution in [3.8, 4) is 33.8 Å². The van der Waals surface area contributed by atoms with Crippen LogP contribution in [0.3, 0.4) is 0 Å². The molecule has 5 rings (SSSR count). The van der Waals surface area contributed by atoms with Crippen LogP contribution in [0.5, 0.6) is 0 Å². The van der Waals surface area contributed by atoms with Crippen molar-refractivity contribution in [3.63, 3.8) is 0 Å². The number of benzene rings is 1. The zero-order chi connectivity index (χ0) is 19.5. The van der Waals surface area contributed by atoms with Gasteiger partial charge in [-0.05, 0) is 42.0 Å². The number of hydrogen-bond donors (Lipinski definition) is 1. The van der Waals surface area contributed by atoms with Crippen molar-refractivity contribution in [3.05, 3.63) is 73.2 Å². The van der Waals surface area contributed by atoms with Gasteiger partial charge in [-0.25, -0.2) is 0 Å². The maximum atomic E-state index is 5.44. The maximum absolute atomic E-state index is 5.44. The van der Waals surface area contributed by atoms with Gasteiger partial charge in [0.05, 0.1) is 24.6 Å². The van der Waals surface area contributed by atoms with Crippen LogP contribution in [0.1, 0.15) is 0 Å². The lowest BCUT2D eigenvalue weighted by Crippen LogP contribution is -2.36. The number of ether oxygens (including phenoxy) is 1. The van der Waals surface area contributed by atoms with E-state index in [0.717, 1.165) is 60.1 Å². The van der Waals surface area contributed by atoms with E-state index in [-0.39, 0.29) is 0 Å². The van der Waals surface area contributed by atoms with Gasteiger partial charge in [0, 0.05) is 48.5 Å². The third-order valence-electron chi connectivity index (χ3n) is 5.16. The van der Waals surface area contributed by atoms with Crippen molar-refractivity contribution >= 4 is 5.69 Å². The molecule has 1 aliphatic rings. The van der Waals surface area contributed by atoms with Crippen LogP contribution in [-0.4, -0.2) is 46.5 Å². The molecule has 6 nitrogen and oxygen atoms in total. The Hall–Kier alpha value is -3.51. The van der Waals surface area contributed by atoms with Gasteiger partial charge in [-0.2, -0.15) is 5.10 Å². The second-order valence-electron chi connectivity index (χ2n) is 6.94. The number of rotatable bonds is 4. The summed E-state index contributed by atoms with van der Waals surface area (Å²) in [6.07, 6.45) is 5.53. The van der Waals surface area contributed by atoms with Gasteiger partial charge in [-0.3, -0.25) is 15.1 Å². The number of morpholine rings is 1. The van der Waals surface area contributed by atoms with Crippen molar-refractivity contribution in [2.24, 2.45) is 0 Å². The quantitative estimate of drug-likeness (QED) is 0.576. The lowest BCUT2D eigenvalue weighted by Gasteiger charge is -2.28. The average molecular weight is 383 g/mol. The van der Waals surface area contributed by atoms with Crippen molar-refractivity contribution in [2.75, 3.05) is 31.2 Å². The lowest BCUT2D eigenvalue weighted by molar-refractivity contribution is 0.122. The van der Waals surface area contributed by atoms with Crippen LogP contribution in [0, 0.1) is 0 Å². The smallest absolute Gasteiger partial charge is 0.118 e. The summed E-state index contributed by atoms with van der Waals surface area (Å²) in [4.78, 5) is 11.4. The van der Waals surface area contributed by atoms with Crippen LogP contribution in [0.15, 0.2) is 73.2 Å². The number of nitrogens with one attached hydrogen (secondary N) is 1. The molecule has 0 unspecified atom stereocenters. The molecule has 1 aliphatic heterocycles. The second-order valence-corrected chi connectivity index (χ2v) is 6.94. The molecule has 1 aromatic carbocycles. The number of nitrogens with zero attached hydrogens (tertiary/aromatic N) is 4. The summed E-state index contributed by atoms with van der Waals surface area (Å²) in [5.74, 6) is 0. The summed E-state index contributed by atoms with van der Waals surface area (Å²) >= 11 is 0. The summed E-state index contributed by atoms with van der Waals surface area (Å²) in [7, 11) is 0. The molecule has 0 saturated carbocycles. The molecule has 0 radical (unpaired) electrons. The predicted molar refractivity (Wildman–Crippen MR) is 114 cm³/mol. The first-order valence-corrected chi connectivity index (χ1v) is 9.73. The summed E-state index contributed by atoms with van der Waals surface area (Å²) in [5.41, 5.74) is 7.00. The Morgan fingerprint density at radius 2 is 1.66 bits per heavy atom. The van der Waals surface area contributed by atoms with E-state index in [4.69, 9.17) is 4.74 Å². The van der Waals surface area contributed by atoms with Crippen LogP contribution in [0.2, 0.25) is 0 Å². The van der Waals surface area contributed by atoms with Crippen LogP contribution in [0.4, 0.5) is 5.69 Å². The lowest BCUT2D eigenvalue weighted by atomic mass is 10.0. The number of anilines is 1. The van der Waals surface area contributed by atoms with E-state index in [0.29, 0.717) is 0 Å². The highest BCUT2D eigenvalue weighted by molar-refractivity contribution is 5.80. The van der Waals surface area contributed by atoms with Gasteiger partial charge in [0.2, 0.25) is 0 Å². The van der Waals surface area contributed by atoms with Crippen LogP contribution < -0.4 is 4.90 Å².